The van der Waals surface area contributed by atoms with Crippen LogP contribution in [-0.4, -0.2) is 42.8 Å². The lowest BCUT2D eigenvalue weighted by Gasteiger charge is -2.27. The number of nitrogens with zero attached hydrogens (tertiary/aromatic N) is 6. The SMILES string of the molecule is Cc1cccc(CN(CCN(Cc2ccccn2)Cc2cccc(C)n2)Cc2ccccn2)n1. The molecule has 0 aliphatic rings. The highest BCUT2D eigenvalue weighted by molar-refractivity contribution is 5.12. The Bertz CT molecular complexity index is 1060. The molecule has 0 aliphatic heterocycles. The fourth-order valence-corrected chi connectivity index (χ4v) is 3.99. The molecule has 0 N–H and O–H groups in total. The van der Waals surface area contributed by atoms with Gasteiger partial charge in [0.2, 0.25) is 0 Å². The van der Waals surface area contributed by atoms with Crippen LogP contribution in [0.3, 0.4) is 0 Å². The predicted molar refractivity (Wildman–Crippen MR) is 135 cm³/mol. The molecule has 0 saturated heterocycles. The summed E-state index contributed by atoms with van der Waals surface area (Å²) >= 11 is 0. The van der Waals surface area contributed by atoms with Crippen molar-refractivity contribution in [1.82, 2.24) is 29.7 Å². The first-order valence-electron chi connectivity index (χ1n) is 11.7. The molecule has 0 fully saturated rings. The highest BCUT2D eigenvalue weighted by Gasteiger charge is 2.14. The summed E-state index contributed by atoms with van der Waals surface area (Å²) in [6.07, 6.45) is 3.71. The topological polar surface area (TPSA) is 58.0 Å². The largest absolute Gasteiger partial charge is 0.290 e. The number of hydrogen-bond donors (Lipinski definition) is 0. The van der Waals surface area contributed by atoms with Crippen LogP contribution in [0.2, 0.25) is 0 Å². The van der Waals surface area contributed by atoms with Gasteiger partial charge in [-0.2, -0.15) is 0 Å². The predicted octanol–water partition coefficient (Wildman–Crippen LogP) is 4.59. The van der Waals surface area contributed by atoms with Crippen LogP contribution in [0.5, 0.6) is 0 Å². The van der Waals surface area contributed by atoms with Crippen LogP contribution in [-0.2, 0) is 26.2 Å². The van der Waals surface area contributed by atoms with Gasteiger partial charge in [-0.3, -0.25) is 29.7 Å². The van der Waals surface area contributed by atoms with Crippen molar-refractivity contribution in [1.29, 1.82) is 0 Å². The Balaban J connectivity index is 1.50. The zero-order valence-electron chi connectivity index (χ0n) is 20.0. The summed E-state index contributed by atoms with van der Waals surface area (Å²) in [7, 11) is 0. The number of hydrogen-bond acceptors (Lipinski definition) is 6. The molecule has 6 nitrogen and oxygen atoms in total. The number of aromatic nitrogens is 4. The first-order chi connectivity index (χ1) is 16.6. The molecule has 0 bridgehead atoms. The third-order valence-corrected chi connectivity index (χ3v) is 5.62. The van der Waals surface area contributed by atoms with Crippen LogP contribution in [0.4, 0.5) is 0 Å². The van der Waals surface area contributed by atoms with Crippen molar-refractivity contribution >= 4 is 0 Å². The van der Waals surface area contributed by atoms with Crippen molar-refractivity contribution in [3.8, 4) is 0 Å². The van der Waals surface area contributed by atoms with Crippen molar-refractivity contribution in [2.45, 2.75) is 40.0 Å². The molecule has 34 heavy (non-hydrogen) atoms. The first-order valence-corrected chi connectivity index (χ1v) is 11.7. The van der Waals surface area contributed by atoms with Crippen molar-refractivity contribution < 1.29 is 0 Å². The van der Waals surface area contributed by atoms with Gasteiger partial charge in [0.25, 0.3) is 0 Å². The van der Waals surface area contributed by atoms with Crippen molar-refractivity contribution in [2.24, 2.45) is 0 Å². The van der Waals surface area contributed by atoms with Crippen molar-refractivity contribution in [2.75, 3.05) is 13.1 Å². The normalized spacial score (nSPS) is 11.3. The number of pyridine rings is 4. The molecule has 0 saturated carbocycles. The maximum Gasteiger partial charge on any atom is 0.0547 e. The van der Waals surface area contributed by atoms with Gasteiger partial charge in [0.15, 0.2) is 0 Å². The monoisotopic (exact) mass is 452 g/mol. The van der Waals surface area contributed by atoms with Gasteiger partial charge >= 0.3 is 0 Å². The summed E-state index contributed by atoms with van der Waals surface area (Å²) in [5.74, 6) is 0. The molecular weight excluding hydrogens is 420 g/mol. The van der Waals surface area contributed by atoms with Gasteiger partial charge in [-0.05, 0) is 62.4 Å². The van der Waals surface area contributed by atoms with E-state index in [1.165, 1.54) is 0 Å². The zero-order valence-corrected chi connectivity index (χ0v) is 20.0. The van der Waals surface area contributed by atoms with E-state index in [0.717, 1.165) is 73.4 Å². The van der Waals surface area contributed by atoms with E-state index in [1.807, 2.05) is 62.6 Å². The lowest BCUT2D eigenvalue weighted by atomic mass is 10.2. The lowest BCUT2D eigenvalue weighted by Crippen LogP contribution is -2.35. The minimum absolute atomic E-state index is 0.774. The molecule has 4 aromatic heterocycles. The molecule has 0 spiro atoms. The van der Waals surface area contributed by atoms with E-state index in [-0.39, 0.29) is 0 Å². The Labute approximate surface area is 202 Å². The van der Waals surface area contributed by atoms with Crippen LogP contribution in [0.15, 0.2) is 85.2 Å². The van der Waals surface area contributed by atoms with Crippen LogP contribution in [0, 0.1) is 13.8 Å². The van der Waals surface area contributed by atoms with E-state index in [1.54, 1.807) is 0 Å². The lowest BCUT2D eigenvalue weighted by molar-refractivity contribution is 0.178. The Morgan fingerprint density at radius 1 is 0.500 bits per heavy atom. The van der Waals surface area contributed by atoms with Crippen molar-refractivity contribution in [3.05, 3.63) is 119 Å². The fraction of sp³-hybridized carbons (Fsp3) is 0.286. The molecule has 0 aliphatic carbocycles. The molecule has 174 valence electrons. The van der Waals surface area contributed by atoms with Crippen LogP contribution >= 0.6 is 0 Å². The Morgan fingerprint density at radius 2 is 0.912 bits per heavy atom. The quantitative estimate of drug-likeness (QED) is 0.332. The van der Waals surface area contributed by atoms with Gasteiger partial charge in [0.1, 0.15) is 0 Å². The standard InChI is InChI=1S/C28H32N6/c1-23-9-7-13-27(31-23)21-33(19-25-11-3-5-15-29-25)17-18-34(20-26-12-4-6-16-30-26)22-28-14-8-10-24(2)32-28/h3-16H,17-22H2,1-2H3. The fourth-order valence-electron chi connectivity index (χ4n) is 3.99. The second-order valence-electron chi connectivity index (χ2n) is 8.60. The van der Waals surface area contributed by atoms with Crippen molar-refractivity contribution in [3.63, 3.8) is 0 Å². The van der Waals surface area contributed by atoms with Gasteiger partial charge in [-0.1, -0.05) is 24.3 Å². The smallest absolute Gasteiger partial charge is 0.0547 e. The summed E-state index contributed by atoms with van der Waals surface area (Å²) in [6.45, 7) is 8.94. The molecule has 4 heterocycles. The van der Waals surface area contributed by atoms with Gasteiger partial charge in [-0.25, -0.2) is 0 Å². The zero-order chi connectivity index (χ0) is 23.6. The second-order valence-corrected chi connectivity index (χ2v) is 8.60. The summed E-state index contributed by atoms with van der Waals surface area (Å²) < 4.78 is 0. The summed E-state index contributed by atoms with van der Waals surface area (Å²) in [5, 5.41) is 0. The van der Waals surface area contributed by atoms with Gasteiger partial charge in [0, 0.05) is 63.1 Å². The van der Waals surface area contributed by atoms with Crippen LogP contribution < -0.4 is 0 Å². The first kappa shape index (κ1) is 23.7. The third kappa shape index (κ3) is 7.54. The van der Waals surface area contributed by atoms with E-state index in [0.29, 0.717) is 0 Å². The van der Waals surface area contributed by atoms with E-state index in [9.17, 15) is 0 Å². The summed E-state index contributed by atoms with van der Waals surface area (Å²) in [4.78, 5) is 23.4. The molecule has 4 rings (SSSR count). The van der Waals surface area contributed by atoms with E-state index in [2.05, 4.69) is 56.2 Å². The third-order valence-electron chi connectivity index (χ3n) is 5.62. The minimum atomic E-state index is 0.774. The number of rotatable bonds is 11. The molecule has 0 amide bonds. The summed E-state index contributed by atoms with van der Waals surface area (Å²) in [5.41, 5.74) is 6.36. The highest BCUT2D eigenvalue weighted by atomic mass is 15.2. The van der Waals surface area contributed by atoms with Gasteiger partial charge in [-0.15, -0.1) is 0 Å². The molecule has 0 aromatic carbocycles. The molecular formula is C28H32N6. The van der Waals surface area contributed by atoms with Crippen LogP contribution in [0.1, 0.15) is 34.2 Å². The Kier molecular flexibility index (Phi) is 8.43. The minimum Gasteiger partial charge on any atom is -0.290 e. The van der Waals surface area contributed by atoms with Gasteiger partial charge < -0.3 is 0 Å². The van der Waals surface area contributed by atoms with Gasteiger partial charge in [0.05, 0.1) is 22.8 Å². The maximum absolute atomic E-state index is 4.73. The molecule has 0 unspecified atom stereocenters. The maximum atomic E-state index is 4.73. The average Bonchev–Trinajstić information content (AvgIpc) is 2.84. The molecule has 6 heteroatoms. The summed E-state index contributed by atoms with van der Waals surface area (Å²) in [6, 6.07) is 24.6. The Morgan fingerprint density at radius 3 is 1.29 bits per heavy atom. The number of aryl methyl sites for hydroxylation is 2. The van der Waals surface area contributed by atoms with E-state index in [4.69, 9.17) is 9.97 Å². The van der Waals surface area contributed by atoms with E-state index >= 15 is 0 Å². The Hall–Kier alpha value is -3.48. The van der Waals surface area contributed by atoms with E-state index < -0.39 is 0 Å². The average molecular weight is 453 g/mol. The molecule has 0 atom stereocenters. The second kappa shape index (κ2) is 12.1. The molecule has 4 aromatic rings. The highest BCUT2D eigenvalue weighted by Crippen LogP contribution is 2.11. The van der Waals surface area contributed by atoms with Crippen LogP contribution in [0.25, 0.3) is 0 Å². The molecule has 0 radical (unpaired) electrons.